The topological polar surface area (TPSA) is 133 Å². The molecular weight excluding hydrogens is 314 g/mol. The summed E-state index contributed by atoms with van der Waals surface area (Å²) in [4.78, 5) is 41.9. The average molecular weight is 325 g/mol. The summed E-state index contributed by atoms with van der Waals surface area (Å²) in [5, 5.41) is 15.6. The molecule has 1 fully saturated rings. The summed E-state index contributed by atoms with van der Waals surface area (Å²) in [6.45, 7) is 0. The summed E-state index contributed by atoms with van der Waals surface area (Å²) < 4.78 is 0. The van der Waals surface area contributed by atoms with Gasteiger partial charge >= 0.3 is 12.1 Å². The molecular formula is C15H11N5O4. The van der Waals surface area contributed by atoms with Crippen LogP contribution in [0.5, 0.6) is 0 Å². The molecule has 120 valence electrons. The number of carbonyl (C=O) groups excluding carboxylic acids is 2. The molecule has 0 aliphatic carbocycles. The molecule has 0 spiro atoms. The number of nitrogens with zero attached hydrogens (tertiary/aromatic N) is 2. The molecule has 0 saturated carbocycles. The molecule has 1 aliphatic heterocycles. The van der Waals surface area contributed by atoms with E-state index in [2.05, 4.69) is 25.9 Å². The molecule has 1 aromatic heterocycles. The SMILES string of the molecule is O=C(O)Nc1cnc(/C=C2\NC(=O)NC2=O)nc1-c1ccccc1. The molecule has 1 aromatic carbocycles. The maximum absolute atomic E-state index is 11.5. The van der Waals surface area contributed by atoms with Crippen molar-refractivity contribution in [3.8, 4) is 11.3 Å². The zero-order valence-electron chi connectivity index (χ0n) is 12.1. The number of anilines is 1. The monoisotopic (exact) mass is 325 g/mol. The van der Waals surface area contributed by atoms with Crippen LogP contribution in [-0.2, 0) is 4.79 Å². The summed E-state index contributed by atoms with van der Waals surface area (Å²) in [5.41, 5.74) is 1.24. The predicted octanol–water partition coefficient (Wildman–Crippen LogP) is 1.41. The third kappa shape index (κ3) is 3.19. The van der Waals surface area contributed by atoms with E-state index in [0.29, 0.717) is 11.3 Å². The molecule has 0 atom stereocenters. The first kappa shape index (κ1) is 15.2. The first-order chi connectivity index (χ1) is 11.5. The highest BCUT2D eigenvalue weighted by Gasteiger charge is 2.23. The first-order valence-electron chi connectivity index (χ1n) is 6.79. The first-order valence-corrected chi connectivity index (χ1v) is 6.79. The molecule has 1 saturated heterocycles. The molecule has 2 heterocycles. The van der Waals surface area contributed by atoms with Crippen LogP contribution in [0.15, 0.2) is 42.2 Å². The Labute approximate surface area is 135 Å². The third-order valence-corrected chi connectivity index (χ3v) is 3.09. The van der Waals surface area contributed by atoms with Crippen LogP contribution in [0.2, 0.25) is 0 Å². The lowest BCUT2D eigenvalue weighted by molar-refractivity contribution is -0.115. The minimum absolute atomic E-state index is 0.0120. The minimum Gasteiger partial charge on any atom is -0.465 e. The Morgan fingerprint density at radius 3 is 2.54 bits per heavy atom. The molecule has 0 unspecified atom stereocenters. The Morgan fingerprint density at radius 1 is 1.17 bits per heavy atom. The zero-order valence-corrected chi connectivity index (χ0v) is 12.1. The van der Waals surface area contributed by atoms with Crippen molar-refractivity contribution in [3.63, 3.8) is 0 Å². The van der Waals surface area contributed by atoms with Gasteiger partial charge in [-0.15, -0.1) is 0 Å². The fraction of sp³-hybridized carbons (Fsp3) is 0. The van der Waals surface area contributed by atoms with Crippen molar-refractivity contribution >= 4 is 29.8 Å². The van der Waals surface area contributed by atoms with Crippen LogP contribution < -0.4 is 16.0 Å². The molecule has 24 heavy (non-hydrogen) atoms. The van der Waals surface area contributed by atoms with E-state index in [1.165, 1.54) is 12.3 Å². The van der Waals surface area contributed by atoms with Crippen molar-refractivity contribution in [1.82, 2.24) is 20.6 Å². The quantitative estimate of drug-likeness (QED) is 0.498. The van der Waals surface area contributed by atoms with Gasteiger partial charge in [-0.3, -0.25) is 15.4 Å². The number of imide groups is 1. The van der Waals surface area contributed by atoms with Gasteiger partial charge in [0, 0.05) is 11.6 Å². The highest BCUT2D eigenvalue weighted by Crippen LogP contribution is 2.25. The Hall–Kier alpha value is -3.75. The molecule has 4 N–H and O–H groups in total. The van der Waals surface area contributed by atoms with Gasteiger partial charge in [-0.05, 0) is 0 Å². The predicted molar refractivity (Wildman–Crippen MR) is 83.8 cm³/mol. The van der Waals surface area contributed by atoms with E-state index in [1.54, 1.807) is 24.3 Å². The van der Waals surface area contributed by atoms with Gasteiger partial charge in [-0.2, -0.15) is 0 Å². The smallest absolute Gasteiger partial charge is 0.409 e. The Bertz CT molecular complexity index is 863. The fourth-order valence-corrected chi connectivity index (χ4v) is 2.10. The molecule has 3 rings (SSSR count). The number of nitrogens with one attached hydrogen (secondary N) is 3. The molecule has 0 radical (unpaired) electrons. The second kappa shape index (κ2) is 6.16. The van der Waals surface area contributed by atoms with Crippen LogP contribution in [0, 0.1) is 0 Å². The number of aromatic nitrogens is 2. The van der Waals surface area contributed by atoms with E-state index in [9.17, 15) is 14.4 Å². The third-order valence-electron chi connectivity index (χ3n) is 3.09. The average Bonchev–Trinajstić information content (AvgIpc) is 2.86. The van der Waals surface area contributed by atoms with Crippen molar-refractivity contribution in [3.05, 3.63) is 48.1 Å². The fourth-order valence-electron chi connectivity index (χ4n) is 2.10. The van der Waals surface area contributed by atoms with Crippen LogP contribution in [-0.4, -0.2) is 33.1 Å². The van der Waals surface area contributed by atoms with E-state index >= 15 is 0 Å². The minimum atomic E-state index is -1.25. The van der Waals surface area contributed by atoms with Gasteiger partial charge in [0.1, 0.15) is 5.70 Å². The zero-order chi connectivity index (χ0) is 17.1. The second-order valence-corrected chi connectivity index (χ2v) is 4.75. The highest BCUT2D eigenvalue weighted by atomic mass is 16.4. The van der Waals surface area contributed by atoms with Crippen molar-refractivity contribution in [2.75, 3.05) is 5.32 Å². The maximum Gasteiger partial charge on any atom is 0.409 e. The van der Waals surface area contributed by atoms with Gasteiger partial charge < -0.3 is 10.4 Å². The van der Waals surface area contributed by atoms with Gasteiger partial charge in [0.25, 0.3) is 5.91 Å². The lowest BCUT2D eigenvalue weighted by Gasteiger charge is -2.09. The number of hydrogen-bond donors (Lipinski definition) is 4. The summed E-state index contributed by atoms with van der Waals surface area (Å²) in [6, 6.07) is 8.28. The summed E-state index contributed by atoms with van der Waals surface area (Å²) in [6.07, 6.45) is 1.35. The van der Waals surface area contributed by atoms with Crippen molar-refractivity contribution in [1.29, 1.82) is 0 Å². The van der Waals surface area contributed by atoms with Crippen molar-refractivity contribution in [2.24, 2.45) is 0 Å². The number of carboxylic acid groups (broad SMARTS) is 1. The highest BCUT2D eigenvalue weighted by molar-refractivity contribution is 6.13. The molecule has 9 heteroatoms. The van der Waals surface area contributed by atoms with E-state index in [0.717, 1.165) is 0 Å². The van der Waals surface area contributed by atoms with E-state index in [4.69, 9.17) is 5.11 Å². The molecule has 4 amide bonds. The number of benzene rings is 1. The van der Waals surface area contributed by atoms with E-state index in [-0.39, 0.29) is 17.2 Å². The summed E-state index contributed by atoms with van der Waals surface area (Å²) in [7, 11) is 0. The number of amides is 4. The maximum atomic E-state index is 11.5. The summed E-state index contributed by atoms with van der Waals surface area (Å²) in [5.74, 6) is -0.435. The van der Waals surface area contributed by atoms with Crippen LogP contribution in [0.3, 0.4) is 0 Å². The molecule has 2 aromatic rings. The van der Waals surface area contributed by atoms with Gasteiger partial charge in [-0.25, -0.2) is 19.6 Å². The number of carbonyl (C=O) groups is 3. The Balaban J connectivity index is 2.04. The number of rotatable bonds is 3. The normalized spacial score (nSPS) is 15.1. The lowest BCUT2D eigenvalue weighted by atomic mass is 10.1. The lowest BCUT2D eigenvalue weighted by Crippen LogP contribution is -2.22. The molecule has 0 bridgehead atoms. The van der Waals surface area contributed by atoms with Gasteiger partial charge in [0.15, 0.2) is 5.82 Å². The van der Waals surface area contributed by atoms with Crippen LogP contribution in [0.4, 0.5) is 15.3 Å². The standard InChI is InChI=1S/C15H11N5O4/c21-13-9(17-14(22)20-13)6-11-16-7-10(18-15(23)24)12(19-11)8-4-2-1-3-5-8/h1-7,18H,(H,23,24)(H2,17,20,21,22)/b9-6-. The van der Waals surface area contributed by atoms with Gasteiger partial charge in [0.2, 0.25) is 0 Å². The number of urea groups is 1. The molecule has 9 nitrogen and oxygen atoms in total. The second-order valence-electron chi connectivity index (χ2n) is 4.75. The van der Waals surface area contributed by atoms with Crippen LogP contribution in [0.25, 0.3) is 17.3 Å². The van der Waals surface area contributed by atoms with Crippen LogP contribution in [0.1, 0.15) is 5.82 Å². The molecule has 1 aliphatic rings. The Morgan fingerprint density at radius 2 is 1.92 bits per heavy atom. The van der Waals surface area contributed by atoms with Crippen molar-refractivity contribution < 1.29 is 19.5 Å². The van der Waals surface area contributed by atoms with Crippen molar-refractivity contribution in [2.45, 2.75) is 0 Å². The van der Waals surface area contributed by atoms with Gasteiger partial charge in [-0.1, -0.05) is 30.3 Å². The number of hydrogen-bond acceptors (Lipinski definition) is 5. The van der Waals surface area contributed by atoms with E-state index < -0.39 is 18.0 Å². The Kier molecular flexibility index (Phi) is 3.89. The largest absolute Gasteiger partial charge is 0.465 e. The summed E-state index contributed by atoms with van der Waals surface area (Å²) >= 11 is 0. The van der Waals surface area contributed by atoms with E-state index in [1.807, 2.05) is 6.07 Å². The van der Waals surface area contributed by atoms with Gasteiger partial charge in [0.05, 0.1) is 17.6 Å². The van der Waals surface area contributed by atoms with Crippen LogP contribution >= 0.6 is 0 Å².